The molecule has 2 heterocycles. The van der Waals surface area contributed by atoms with E-state index in [1.54, 1.807) is 7.11 Å². The molecule has 0 aromatic carbocycles. The van der Waals surface area contributed by atoms with E-state index in [9.17, 15) is 9.18 Å². The zero-order chi connectivity index (χ0) is 12.3. The number of hydrogen-bond acceptors (Lipinski definition) is 5. The van der Waals surface area contributed by atoms with Gasteiger partial charge in [0.25, 0.3) is 0 Å². The molecule has 2 rings (SSSR count). The number of hydrogen-bond donors (Lipinski definition) is 0. The number of halogens is 1. The van der Waals surface area contributed by atoms with Crippen LogP contribution in [0.3, 0.4) is 0 Å². The van der Waals surface area contributed by atoms with E-state index in [4.69, 9.17) is 4.84 Å². The van der Waals surface area contributed by atoms with Gasteiger partial charge in [-0.3, -0.25) is 4.79 Å². The van der Waals surface area contributed by atoms with Gasteiger partial charge in [0.1, 0.15) is 11.6 Å². The first kappa shape index (κ1) is 11.9. The van der Waals surface area contributed by atoms with E-state index in [0.29, 0.717) is 25.2 Å². The van der Waals surface area contributed by atoms with Crippen LogP contribution in [0.2, 0.25) is 0 Å². The number of aromatic nitrogens is 1. The third-order valence-electron chi connectivity index (χ3n) is 2.79. The third-order valence-corrected chi connectivity index (χ3v) is 2.79. The average Bonchev–Trinajstić information content (AvgIpc) is 2.39. The van der Waals surface area contributed by atoms with Crippen molar-refractivity contribution < 1.29 is 14.0 Å². The molecular formula is C11H14FN3O2. The molecule has 1 aromatic heterocycles. The summed E-state index contributed by atoms with van der Waals surface area (Å²) in [5.41, 5.74) is 0.288. The molecule has 0 unspecified atom stereocenters. The lowest BCUT2D eigenvalue weighted by Crippen LogP contribution is -2.46. The fourth-order valence-electron chi connectivity index (χ4n) is 1.88. The second kappa shape index (κ2) is 5.20. The first-order valence-corrected chi connectivity index (χ1v) is 5.39. The van der Waals surface area contributed by atoms with Crippen LogP contribution < -0.4 is 4.90 Å². The molecule has 0 amide bonds. The Balaban J connectivity index is 2.15. The Morgan fingerprint density at radius 3 is 2.71 bits per heavy atom. The van der Waals surface area contributed by atoms with Crippen LogP contribution in [0, 0.1) is 5.82 Å². The van der Waals surface area contributed by atoms with E-state index in [0.717, 1.165) is 19.3 Å². The van der Waals surface area contributed by atoms with E-state index in [-0.39, 0.29) is 5.56 Å². The highest BCUT2D eigenvalue weighted by molar-refractivity contribution is 5.82. The Kier molecular flexibility index (Phi) is 3.65. The molecule has 0 atom stereocenters. The lowest BCUT2D eigenvalue weighted by molar-refractivity contribution is -0.133. The number of piperazine rings is 1. The number of carbonyl (C=O) groups is 1. The van der Waals surface area contributed by atoms with Crippen molar-refractivity contribution in [2.75, 3.05) is 38.2 Å². The highest BCUT2D eigenvalue weighted by atomic mass is 19.1. The number of hydroxylamine groups is 2. The van der Waals surface area contributed by atoms with Crippen LogP contribution >= 0.6 is 0 Å². The quantitative estimate of drug-likeness (QED) is 0.727. The summed E-state index contributed by atoms with van der Waals surface area (Å²) >= 11 is 0. The zero-order valence-electron chi connectivity index (χ0n) is 9.60. The molecule has 92 valence electrons. The minimum Gasteiger partial charge on any atom is -0.353 e. The Morgan fingerprint density at radius 1 is 1.41 bits per heavy atom. The van der Waals surface area contributed by atoms with E-state index in [1.807, 2.05) is 9.96 Å². The van der Waals surface area contributed by atoms with Gasteiger partial charge in [-0.25, -0.2) is 9.37 Å². The van der Waals surface area contributed by atoms with Gasteiger partial charge in [0, 0.05) is 26.2 Å². The monoisotopic (exact) mass is 239 g/mol. The summed E-state index contributed by atoms with van der Waals surface area (Å²) in [4.78, 5) is 21.9. The summed E-state index contributed by atoms with van der Waals surface area (Å²) in [5.74, 6) is 0.0449. The normalized spacial score (nSPS) is 17.2. The van der Waals surface area contributed by atoms with Crippen molar-refractivity contribution in [2.24, 2.45) is 0 Å². The van der Waals surface area contributed by atoms with Crippen molar-refractivity contribution in [3.05, 3.63) is 23.6 Å². The molecule has 0 bridgehead atoms. The van der Waals surface area contributed by atoms with Crippen LogP contribution in [0.15, 0.2) is 12.3 Å². The largest absolute Gasteiger partial charge is 0.353 e. The van der Waals surface area contributed by atoms with Gasteiger partial charge in [-0.05, 0) is 6.07 Å². The maximum atomic E-state index is 12.9. The maximum absolute atomic E-state index is 12.9. The van der Waals surface area contributed by atoms with Gasteiger partial charge in [-0.15, -0.1) is 0 Å². The average molecular weight is 239 g/mol. The predicted molar refractivity (Wildman–Crippen MR) is 60.4 cm³/mol. The molecule has 17 heavy (non-hydrogen) atoms. The molecule has 0 spiro atoms. The maximum Gasteiger partial charge on any atom is 0.153 e. The van der Waals surface area contributed by atoms with Crippen LogP contribution in [-0.4, -0.2) is 49.6 Å². The van der Waals surface area contributed by atoms with E-state index >= 15 is 0 Å². The summed E-state index contributed by atoms with van der Waals surface area (Å²) in [6.45, 7) is 2.86. The van der Waals surface area contributed by atoms with Crippen molar-refractivity contribution in [2.45, 2.75) is 0 Å². The molecule has 0 saturated carbocycles. The fourth-order valence-corrected chi connectivity index (χ4v) is 1.88. The smallest absolute Gasteiger partial charge is 0.153 e. The van der Waals surface area contributed by atoms with Crippen molar-refractivity contribution in [3.63, 3.8) is 0 Å². The molecule has 1 saturated heterocycles. The molecule has 1 fully saturated rings. The second-order valence-electron chi connectivity index (χ2n) is 3.78. The number of aldehydes is 1. The van der Waals surface area contributed by atoms with E-state index < -0.39 is 5.82 Å². The number of nitrogens with zero attached hydrogens (tertiary/aromatic N) is 3. The highest BCUT2D eigenvalue weighted by Gasteiger charge is 2.20. The Morgan fingerprint density at radius 2 is 2.12 bits per heavy atom. The van der Waals surface area contributed by atoms with Gasteiger partial charge in [0.05, 0.1) is 18.9 Å². The summed E-state index contributed by atoms with van der Waals surface area (Å²) in [6.07, 6.45) is 1.76. The van der Waals surface area contributed by atoms with Gasteiger partial charge in [-0.1, -0.05) is 0 Å². The number of carbonyl (C=O) groups excluding carboxylic acids is 1. The van der Waals surface area contributed by atoms with Crippen LogP contribution in [-0.2, 0) is 4.84 Å². The second-order valence-corrected chi connectivity index (χ2v) is 3.78. The molecule has 1 aliphatic heterocycles. The predicted octanol–water partition coefficient (Wildman–Crippen LogP) is 0.717. The zero-order valence-corrected chi connectivity index (χ0v) is 9.60. The van der Waals surface area contributed by atoms with Crippen molar-refractivity contribution in [3.8, 4) is 0 Å². The minimum atomic E-state index is -0.494. The third kappa shape index (κ3) is 2.59. The minimum absolute atomic E-state index is 0.288. The number of anilines is 1. The summed E-state index contributed by atoms with van der Waals surface area (Å²) in [6, 6.07) is 1.21. The lowest BCUT2D eigenvalue weighted by Gasteiger charge is -2.34. The fraction of sp³-hybridized carbons (Fsp3) is 0.455. The molecular weight excluding hydrogens is 225 g/mol. The number of pyridine rings is 1. The Hall–Kier alpha value is -1.53. The molecule has 5 nitrogen and oxygen atoms in total. The Labute approximate surface area is 98.7 Å². The van der Waals surface area contributed by atoms with Gasteiger partial charge in [-0.2, -0.15) is 5.06 Å². The summed E-state index contributed by atoms with van der Waals surface area (Å²) < 4.78 is 12.9. The van der Waals surface area contributed by atoms with E-state index in [1.165, 1.54) is 6.07 Å². The van der Waals surface area contributed by atoms with Gasteiger partial charge >= 0.3 is 0 Å². The van der Waals surface area contributed by atoms with Crippen LogP contribution in [0.4, 0.5) is 10.2 Å². The highest BCUT2D eigenvalue weighted by Crippen LogP contribution is 2.18. The van der Waals surface area contributed by atoms with Gasteiger partial charge < -0.3 is 9.74 Å². The van der Waals surface area contributed by atoms with Crippen LogP contribution in [0.1, 0.15) is 10.4 Å². The van der Waals surface area contributed by atoms with Crippen molar-refractivity contribution in [1.82, 2.24) is 10.0 Å². The topological polar surface area (TPSA) is 45.7 Å². The van der Waals surface area contributed by atoms with Crippen LogP contribution in [0.5, 0.6) is 0 Å². The SMILES string of the molecule is CON1CCN(c2ncc(F)cc2C=O)CC1. The van der Waals surface area contributed by atoms with E-state index in [2.05, 4.69) is 4.98 Å². The van der Waals surface area contributed by atoms with Gasteiger partial charge in [0.15, 0.2) is 6.29 Å². The molecule has 1 aromatic rings. The van der Waals surface area contributed by atoms with Crippen molar-refractivity contribution >= 4 is 12.1 Å². The Bertz CT molecular complexity index is 406. The molecule has 1 aliphatic rings. The van der Waals surface area contributed by atoms with Gasteiger partial charge in [0.2, 0.25) is 0 Å². The summed E-state index contributed by atoms with van der Waals surface area (Å²) in [5, 5.41) is 1.83. The first-order valence-electron chi connectivity index (χ1n) is 5.39. The molecule has 0 radical (unpaired) electrons. The van der Waals surface area contributed by atoms with Crippen molar-refractivity contribution in [1.29, 1.82) is 0 Å². The molecule has 0 N–H and O–H groups in total. The molecule has 0 aliphatic carbocycles. The molecule has 6 heteroatoms. The standard InChI is InChI=1S/C11H14FN3O2/c1-17-15-4-2-14(3-5-15)11-9(8-16)6-10(12)7-13-11/h6-8H,2-5H2,1H3. The lowest BCUT2D eigenvalue weighted by atomic mass is 10.2. The van der Waals surface area contributed by atoms with Crippen LogP contribution in [0.25, 0.3) is 0 Å². The first-order chi connectivity index (χ1) is 8.24. The number of rotatable bonds is 3. The summed E-state index contributed by atoms with van der Waals surface area (Å²) in [7, 11) is 1.63.